The molecule has 0 saturated carbocycles. The summed E-state index contributed by atoms with van der Waals surface area (Å²) in [6.45, 7) is 16.3. The fourth-order valence-electron chi connectivity index (χ4n) is 3.87. The summed E-state index contributed by atoms with van der Waals surface area (Å²) in [7, 11) is 0. The van der Waals surface area contributed by atoms with E-state index in [1.807, 2.05) is 39.0 Å². The zero-order valence-electron chi connectivity index (χ0n) is 19.8. The van der Waals surface area contributed by atoms with Crippen LogP contribution >= 0.6 is 0 Å². The molecule has 7 heteroatoms. The number of pyridine rings is 1. The topological polar surface area (TPSA) is 75.3 Å². The van der Waals surface area contributed by atoms with Crippen LogP contribution in [0.1, 0.15) is 49.5 Å². The number of anilines is 1. The molecule has 0 aliphatic heterocycles. The molecule has 4 aromatic rings. The van der Waals surface area contributed by atoms with E-state index in [-0.39, 0.29) is 11.9 Å². The van der Waals surface area contributed by atoms with Crippen molar-refractivity contribution in [3.05, 3.63) is 88.7 Å². The van der Waals surface area contributed by atoms with Gasteiger partial charge in [-0.2, -0.15) is 0 Å². The summed E-state index contributed by atoms with van der Waals surface area (Å²) >= 11 is 0. The van der Waals surface area contributed by atoms with Crippen molar-refractivity contribution in [2.45, 2.75) is 46.3 Å². The van der Waals surface area contributed by atoms with Crippen molar-refractivity contribution in [2.24, 2.45) is 0 Å². The molecule has 172 valence electrons. The molecular weight excluding hydrogens is 429 g/mol. The summed E-state index contributed by atoms with van der Waals surface area (Å²) in [5.41, 5.74) is 4.93. The lowest BCUT2D eigenvalue weighted by Gasteiger charge is -2.21. The van der Waals surface area contributed by atoms with Gasteiger partial charge in [-0.15, -0.1) is 0 Å². The highest BCUT2D eigenvalue weighted by Gasteiger charge is 2.20. The van der Waals surface area contributed by atoms with Crippen molar-refractivity contribution in [3.8, 4) is 11.1 Å². The predicted octanol–water partition coefficient (Wildman–Crippen LogP) is 6.40. The van der Waals surface area contributed by atoms with E-state index in [0.717, 1.165) is 39.0 Å². The number of nitrogens with zero attached hydrogens (tertiary/aromatic N) is 4. The van der Waals surface area contributed by atoms with E-state index in [4.69, 9.17) is 11.6 Å². The number of rotatable bonds is 5. The average molecular weight is 456 g/mol. The maximum atomic E-state index is 14.6. The van der Waals surface area contributed by atoms with Crippen LogP contribution < -0.4 is 5.32 Å². The van der Waals surface area contributed by atoms with Crippen LogP contribution in [0.15, 0.2) is 48.8 Å². The van der Waals surface area contributed by atoms with Crippen LogP contribution in [0.25, 0.3) is 26.9 Å². The standard InChI is InChI=1S/C27H26FN5O/c1-15-16(2)32-24-10-7-18(19-13-30-26(31-14-19)27(4,5)34)11-22(24)25(15)33-17(3)21-12-20(29-6)8-9-23(21)28/h7-14,17,34H,1-5H3,(H,32,33)/t17-/m1/s1. The summed E-state index contributed by atoms with van der Waals surface area (Å²) in [6.07, 6.45) is 3.38. The third kappa shape index (κ3) is 4.45. The molecule has 4 rings (SSSR count). The minimum absolute atomic E-state index is 0.352. The van der Waals surface area contributed by atoms with Gasteiger partial charge in [0.05, 0.1) is 18.1 Å². The minimum atomic E-state index is -1.12. The van der Waals surface area contributed by atoms with E-state index in [1.165, 1.54) is 12.1 Å². The predicted molar refractivity (Wildman–Crippen MR) is 132 cm³/mol. The second-order valence-corrected chi connectivity index (χ2v) is 8.97. The number of hydrogen-bond donors (Lipinski definition) is 2. The molecule has 0 fully saturated rings. The number of nitrogens with one attached hydrogen (secondary N) is 1. The first-order valence-electron chi connectivity index (χ1n) is 11.0. The lowest BCUT2D eigenvalue weighted by atomic mass is 10.00. The van der Waals surface area contributed by atoms with Gasteiger partial charge in [-0.05, 0) is 75.6 Å². The number of halogens is 1. The molecule has 2 aromatic carbocycles. The molecule has 0 saturated heterocycles. The van der Waals surface area contributed by atoms with Crippen LogP contribution in [0.2, 0.25) is 0 Å². The molecular formula is C27H26FN5O. The van der Waals surface area contributed by atoms with E-state index < -0.39 is 5.60 Å². The first kappa shape index (κ1) is 23.3. The highest BCUT2D eigenvalue weighted by Crippen LogP contribution is 2.35. The van der Waals surface area contributed by atoms with Crippen molar-refractivity contribution < 1.29 is 9.50 Å². The van der Waals surface area contributed by atoms with Gasteiger partial charge in [-0.1, -0.05) is 12.1 Å². The lowest BCUT2D eigenvalue weighted by Crippen LogP contribution is -2.19. The van der Waals surface area contributed by atoms with Gasteiger partial charge in [0, 0.05) is 34.7 Å². The van der Waals surface area contributed by atoms with Gasteiger partial charge < -0.3 is 10.4 Å². The van der Waals surface area contributed by atoms with E-state index in [2.05, 4.69) is 20.1 Å². The highest BCUT2D eigenvalue weighted by molar-refractivity contribution is 5.96. The molecule has 0 spiro atoms. The Balaban J connectivity index is 1.79. The molecule has 2 N–H and O–H groups in total. The molecule has 0 aliphatic carbocycles. The molecule has 6 nitrogen and oxygen atoms in total. The van der Waals surface area contributed by atoms with Gasteiger partial charge in [-0.3, -0.25) is 4.98 Å². The van der Waals surface area contributed by atoms with Gasteiger partial charge in [0.2, 0.25) is 0 Å². The fourth-order valence-corrected chi connectivity index (χ4v) is 3.87. The monoisotopic (exact) mass is 455 g/mol. The summed E-state index contributed by atoms with van der Waals surface area (Å²) < 4.78 is 14.6. The number of fused-ring (bicyclic) bond motifs is 1. The van der Waals surface area contributed by atoms with E-state index >= 15 is 0 Å². The zero-order chi connectivity index (χ0) is 24.6. The zero-order valence-corrected chi connectivity index (χ0v) is 19.8. The Hall–Kier alpha value is -3.89. The third-order valence-electron chi connectivity index (χ3n) is 5.94. The summed E-state index contributed by atoms with van der Waals surface area (Å²) in [5, 5.41) is 14.5. The largest absolute Gasteiger partial charge is 0.382 e. The molecule has 2 heterocycles. The van der Waals surface area contributed by atoms with Gasteiger partial charge in [0.15, 0.2) is 11.5 Å². The van der Waals surface area contributed by atoms with Gasteiger partial charge in [-0.25, -0.2) is 19.2 Å². The first-order valence-corrected chi connectivity index (χ1v) is 11.0. The third-order valence-corrected chi connectivity index (χ3v) is 5.94. The number of aryl methyl sites for hydroxylation is 1. The van der Waals surface area contributed by atoms with Crippen LogP contribution in [0, 0.1) is 26.2 Å². The molecule has 0 unspecified atom stereocenters. The Morgan fingerprint density at radius 3 is 2.41 bits per heavy atom. The van der Waals surface area contributed by atoms with E-state index in [9.17, 15) is 9.50 Å². The second kappa shape index (κ2) is 8.81. The quantitative estimate of drug-likeness (QED) is 0.341. The first-order chi connectivity index (χ1) is 16.1. The van der Waals surface area contributed by atoms with E-state index in [1.54, 1.807) is 32.3 Å². The number of aliphatic hydroxyl groups is 1. The second-order valence-electron chi connectivity index (χ2n) is 8.97. The van der Waals surface area contributed by atoms with Crippen LogP contribution in [-0.4, -0.2) is 20.1 Å². The van der Waals surface area contributed by atoms with E-state index in [0.29, 0.717) is 17.1 Å². The van der Waals surface area contributed by atoms with Crippen molar-refractivity contribution in [2.75, 3.05) is 5.32 Å². The Labute approximate surface area is 198 Å². The van der Waals surface area contributed by atoms with Crippen molar-refractivity contribution in [1.29, 1.82) is 0 Å². The van der Waals surface area contributed by atoms with Crippen LogP contribution in [0.3, 0.4) is 0 Å². The molecule has 0 amide bonds. The van der Waals surface area contributed by atoms with Crippen molar-refractivity contribution in [3.63, 3.8) is 0 Å². The Morgan fingerprint density at radius 2 is 1.76 bits per heavy atom. The lowest BCUT2D eigenvalue weighted by molar-refractivity contribution is 0.0687. The Kier molecular flexibility index (Phi) is 6.03. The number of benzene rings is 2. The van der Waals surface area contributed by atoms with Gasteiger partial charge in [0.25, 0.3) is 0 Å². The molecule has 34 heavy (non-hydrogen) atoms. The maximum Gasteiger partial charge on any atom is 0.187 e. The molecule has 0 bridgehead atoms. The molecule has 2 aromatic heterocycles. The van der Waals surface area contributed by atoms with Crippen molar-refractivity contribution >= 4 is 22.3 Å². The van der Waals surface area contributed by atoms with Gasteiger partial charge >= 0.3 is 0 Å². The maximum absolute atomic E-state index is 14.6. The van der Waals surface area contributed by atoms with Crippen LogP contribution in [0.4, 0.5) is 15.8 Å². The van der Waals surface area contributed by atoms with Crippen LogP contribution in [-0.2, 0) is 5.60 Å². The van der Waals surface area contributed by atoms with Crippen LogP contribution in [0.5, 0.6) is 0 Å². The van der Waals surface area contributed by atoms with Gasteiger partial charge in [0.1, 0.15) is 11.4 Å². The molecule has 0 aliphatic rings. The number of aromatic nitrogens is 3. The smallest absolute Gasteiger partial charge is 0.187 e. The Bertz CT molecular complexity index is 1420. The normalized spacial score (nSPS) is 12.4. The Morgan fingerprint density at radius 1 is 1.06 bits per heavy atom. The summed E-state index contributed by atoms with van der Waals surface area (Å²) in [4.78, 5) is 16.8. The summed E-state index contributed by atoms with van der Waals surface area (Å²) in [5.74, 6) is -0.00472. The average Bonchev–Trinajstić information content (AvgIpc) is 2.81. The number of hydrogen-bond acceptors (Lipinski definition) is 5. The highest BCUT2D eigenvalue weighted by atomic mass is 19.1. The molecule has 0 radical (unpaired) electrons. The fraction of sp³-hybridized carbons (Fsp3) is 0.259. The minimum Gasteiger partial charge on any atom is -0.382 e. The SMILES string of the molecule is [C-]#[N+]c1ccc(F)c([C@@H](C)Nc2c(C)c(C)nc3ccc(-c4cnc(C(C)(C)O)nc4)cc23)c1. The molecule has 1 atom stereocenters. The van der Waals surface area contributed by atoms with Crippen molar-refractivity contribution in [1.82, 2.24) is 15.0 Å². The summed E-state index contributed by atoms with van der Waals surface area (Å²) in [6, 6.07) is 9.93.